The Morgan fingerprint density at radius 3 is 2.43 bits per heavy atom. The monoisotopic (exact) mass is 281 g/mol. The van der Waals surface area contributed by atoms with Gasteiger partial charge in [-0.05, 0) is 44.0 Å². The number of pyridine rings is 1. The van der Waals surface area contributed by atoms with Crippen molar-refractivity contribution >= 4 is 11.0 Å². The summed E-state index contributed by atoms with van der Waals surface area (Å²) in [5.41, 5.74) is 3.32. The fourth-order valence-corrected chi connectivity index (χ4v) is 2.80. The van der Waals surface area contributed by atoms with Crippen LogP contribution in [-0.2, 0) is 0 Å². The number of aryl methyl sites for hydroxylation is 3. The Morgan fingerprint density at radius 1 is 1.10 bits per heavy atom. The molecule has 21 heavy (non-hydrogen) atoms. The van der Waals surface area contributed by atoms with Gasteiger partial charge in [-0.3, -0.25) is 9.78 Å². The first-order chi connectivity index (χ1) is 9.99. The van der Waals surface area contributed by atoms with Crippen LogP contribution < -0.4 is 11.2 Å². The summed E-state index contributed by atoms with van der Waals surface area (Å²) in [6, 6.07) is 7.36. The van der Waals surface area contributed by atoms with E-state index in [1.54, 1.807) is 18.3 Å². The summed E-state index contributed by atoms with van der Waals surface area (Å²) in [5, 5.41) is 0.400. The number of H-pyrrole nitrogens is 1. The summed E-state index contributed by atoms with van der Waals surface area (Å²) in [7, 11) is 0. The minimum absolute atomic E-state index is 0.376. The van der Waals surface area contributed by atoms with Crippen molar-refractivity contribution in [2.45, 2.75) is 20.8 Å². The zero-order valence-electron chi connectivity index (χ0n) is 12.1. The molecule has 5 heteroatoms. The molecule has 0 bridgehead atoms. The smallest absolute Gasteiger partial charge is 0.273 e. The van der Waals surface area contributed by atoms with E-state index in [-0.39, 0.29) is 0 Å². The van der Waals surface area contributed by atoms with Crippen molar-refractivity contribution in [3.8, 4) is 5.69 Å². The summed E-state index contributed by atoms with van der Waals surface area (Å²) in [5.74, 6) is 0. The molecule has 0 aliphatic rings. The van der Waals surface area contributed by atoms with Crippen LogP contribution in [0, 0.1) is 20.8 Å². The number of hydrogen-bond donors (Lipinski definition) is 1. The molecule has 0 amide bonds. The second-order valence-electron chi connectivity index (χ2n) is 5.22. The molecule has 5 nitrogen and oxygen atoms in total. The Kier molecular flexibility index (Phi) is 2.97. The van der Waals surface area contributed by atoms with Gasteiger partial charge in [0.1, 0.15) is 0 Å². The number of nitrogens with one attached hydrogen (secondary N) is 1. The van der Waals surface area contributed by atoms with E-state index in [4.69, 9.17) is 0 Å². The first kappa shape index (κ1) is 13.3. The molecule has 0 radical (unpaired) electrons. The predicted octanol–water partition coefficient (Wildman–Crippen LogP) is 2.00. The third-order valence-corrected chi connectivity index (χ3v) is 3.53. The molecule has 0 unspecified atom stereocenters. The van der Waals surface area contributed by atoms with Crippen LogP contribution in [0.1, 0.15) is 16.7 Å². The van der Waals surface area contributed by atoms with E-state index in [9.17, 15) is 9.59 Å². The highest BCUT2D eigenvalue weighted by molar-refractivity contribution is 5.76. The Bertz CT molecular complexity index is 944. The molecule has 106 valence electrons. The van der Waals surface area contributed by atoms with Crippen molar-refractivity contribution in [3.05, 3.63) is 68.0 Å². The summed E-state index contributed by atoms with van der Waals surface area (Å²) in [6.45, 7) is 5.90. The van der Waals surface area contributed by atoms with Gasteiger partial charge in [-0.25, -0.2) is 14.3 Å². The standard InChI is InChI=1S/C16H15N3O2/c1-9-7-10(2)13(11(3)8-9)19-14-12(5-4-6-17-14)15(20)18-16(19)21/h4-8H,1-3H3,(H,18,20,21). The molecule has 1 N–H and O–H groups in total. The first-order valence-electron chi connectivity index (χ1n) is 6.67. The molecule has 0 spiro atoms. The van der Waals surface area contributed by atoms with Crippen LogP contribution in [0.4, 0.5) is 0 Å². The number of fused-ring (bicyclic) bond motifs is 1. The van der Waals surface area contributed by atoms with E-state index in [2.05, 4.69) is 9.97 Å². The van der Waals surface area contributed by atoms with Crippen molar-refractivity contribution in [1.82, 2.24) is 14.5 Å². The van der Waals surface area contributed by atoms with Gasteiger partial charge in [0.2, 0.25) is 0 Å². The molecule has 3 aromatic rings. The summed E-state index contributed by atoms with van der Waals surface area (Å²) < 4.78 is 1.47. The molecule has 3 rings (SSSR count). The topological polar surface area (TPSA) is 67.8 Å². The van der Waals surface area contributed by atoms with Crippen molar-refractivity contribution in [2.75, 3.05) is 0 Å². The zero-order valence-corrected chi connectivity index (χ0v) is 12.1. The van der Waals surface area contributed by atoms with E-state index >= 15 is 0 Å². The van der Waals surface area contributed by atoms with E-state index in [0.29, 0.717) is 11.0 Å². The lowest BCUT2D eigenvalue weighted by molar-refractivity contribution is 0.909. The molecule has 0 atom stereocenters. The van der Waals surface area contributed by atoms with Crippen LogP contribution in [0.2, 0.25) is 0 Å². The SMILES string of the molecule is Cc1cc(C)c(-n2c(=O)[nH]c(=O)c3cccnc32)c(C)c1. The first-order valence-corrected chi connectivity index (χ1v) is 6.67. The quantitative estimate of drug-likeness (QED) is 0.741. The average Bonchev–Trinajstić information content (AvgIpc) is 2.41. The maximum atomic E-state index is 12.3. The van der Waals surface area contributed by atoms with Crippen LogP contribution in [0.3, 0.4) is 0 Å². The van der Waals surface area contributed by atoms with Crippen molar-refractivity contribution in [1.29, 1.82) is 0 Å². The zero-order chi connectivity index (χ0) is 15.1. The molecular formula is C16H15N3O2. The van der Waals surface area contributed by atoms with Crippen LogP contribution in [0.25, 0.3) is 16.7 Å². The summed E-state index contributed by atoms with van der Waals surface area (Å²) in [4.78, 5) is 30.8. The summed E-state index contributed by atoms with van der Waals surface area (Å²) >= 11 is 0. The van der Waals surface area contributed by atoms with Crippen LogP contribution >= 0.6 is 0 Å². The molecule has 0 fully saturated rings. The van der Waals surface area contributed by atoms with Crippen LogP contribution in [-0.4, -0.2) is 14.5 Å². The van der Waals surface area contributed by atoms with Gasteiger partial charge in [-0.15, -0.1) is 0 Å². The number of aromatic amines is 1. The van der Waals surface area contributed by atoms with Gasteiger partial charge in [0, 0.05) is 6.20 Å². The number of nitrogens with zero attached hydrogens (tertiary/aromatic N) is 2. The fourth-order valence-electron chi connectivity index (χ4n) is 2.80. The number of aromatic nitrogens is 3. The van der Waals surface area contributed by atoms with Gasteiger partial charge in [0.05, 0.1) is 11.1 Å². The molecule has 0 aliphatic heterocycles. The third-order valence-electron chi connectivity index (χ3n) is 3.53. The molecule has 2 heterocycles. The van der Waals surface area contributed by atoms with Gasteiger partial charge in [0.25, 0.3) is 5.56 Å². The highest BCUT2D eigenvalue weighted by atomic mass is 16.2. The number of hydrogen-bond acceptors (Lipinski definition) is 3. The molecule has 0 saturated carbocycles. The lowest BCUT2D eigenvalue weighted by atomic mass is 10.0. The summed E-state index contributed by atoms with van der Waals surface area (Å²) in [6.07, 6.45) is 1.58. The predicted molar refractivity (Wildman–Crippen MR) is 82.2 cm³/mol. The van der Waals surface area contributed by atoms with Gasteiger partial charge >= 0.3 is 5.69 Å². The van der Waals surface area contributed by atoms with E-state index in [1.165, 1.54) is 4.57 Å². The Morgan fingerprint density at radius 2 is 1.76 bits per heavy atom. The minimum atomic E-state index is -0.471. The lowest BCUT2D eigenvalue weighted by Crippen LogP contribution is -2.30. The van der Waals surface area contributed by atoms with Crippen LogP contribution in [0.5, 0.6) is 0 Å². The van der Waals surface area contributed by atoms with Crippen molar-refractivity contribution in [3.63, 3.8) is 0 Å². The van der Waals surface area contributed by atoms with Crippen molar-refractivity contribution in [2.24, 2.45) is 0 Å². The highest BCUT2D eigenvalue weighted by Gasteiger charge is 2.14. The van der Waals surface area contributed by atoms with E-state index < -0.39 is 11.2 Å². The Hall–Kier alpha value is -2.69. The van der Waals surface area contributed by atoms with Gasteiger partial charge in [-0.1, -0.05) is 17.7 Å². The van der Waals surface area contributed by atoms with Gasteiger partial charge < -0.3 is 0 Å². The Balaban J connectivity index is 2.53. The van der Waals surface area contributed by atoms with Crippen LogP contribution in [0.15, 0.2) is 40.1 Å². The third kappa shape index (κ3) is 2.07. The number of rotatable bonds is 1. The molecule has 2 aromatic heterocycles. The lowest BCUT2D eigenvalue weighted by Gasteiger charge is -2.14. The average molecular weight is 281 g/mol. The van der Waals surface area contributed by atoms with Gasteiger partial charge in [0.15, 0.2) is 5.65 Å². The second kappa shape index (κ2) is 4.70. The van der Waals surface area contributed by atoms with Crippen molar-refractivity contribution < 1.29 is 0 Å². The van der Waals surface area contributed by atoms with Gasteiger partial charge in [-0.2, -0.15) is 0 Å². The number of benzene rings is 1. The Labute approximate surface area is 120 Å². The van der Waals surface area contributed by atoms with E-state index in [1.807, 2.05) is 32.9 Å². The maximum absolute atomic E-state index is 12.3. The maximum Gasteiger partial charge on any atom is 0.334 e. The normalized spacial score (nSPS) is 11.0. The fraction of sp³-hybridized carbons (Fsp3) is 0.188. The highest BCUT2D eigenvalue weighted by Crippen LogP contribution is 2.21. The second-order valence-corrected chi connectivity index (χ2v) is 5.22. The molecular weight excluding hydrogens is 266 g/mol. The molecule has 0 aliphatic carbocycles. The van der Waals surface area contributed by atoms with E-state index in [0.717, 1.165) is 22.4 Å². The largest absolute Gasteiger partial charge is 0.334 e. The minimum Gasteiger partial charge on any atom is -0.273 e. The molecule has 1 aromatic carbocycles. The molecule has 0 saturated heterocycles.